The fourth-order valence-corrected chi connectivity index (χ4v) is 5.87. The lowest BCUT2D eigenvalue weighted by Crippen LogP contribution is -2.50. The fourth-order valence-electron chi connectivity index (χ4n) is 4.68. The van der Waals surface area contributed by atoms with Crippen LogP contribution in [0.5, 0.6) is 5.75 Å². The number of benzene rings is 2. The van der Waals surface area contributed by atoms with Gasteiger partial charge in [-0.05, 0) is 67.8 Å². The molecule has 1 fully saturated rings. The summed E-state index contributed by atoms with van der Waals surface area (Å²) in [6, 6.07) is 14.8. The molecule has 2 amide bonds. The molecule has 1 N–H and O–H groups in total. The van der Waals surface area contributed by atoms with Crippen molar-refractivity contribution >= 4 is 45.6 Å². The van der Waals surface area contributed by atoms with Crippen LogP contribution < -0.4 is 15.0 Å². The molecule has 182 valence electrons. The van der Waals surface area contributed by atoms with Crippen molar-refractivity contribution in [2.75, 3.05) is 43.5 Å². The van der Waals surface area contributed by atoms with E-state index >= 15 is 0 Å². The Balaban J connectivity index is 1.24. The quantitative estimate of drug-likeness (QED) is 0.532. The van der Waals surface area contributed by atoms with E-state index in [1.165, 1.54) is 11.3 Å². The molecule has 2 aliphatic rings. The van der Waals surface area contributed by atoms with E-state index in [2.05, 4.69) is 10.2 Å². The van der Waals surface area contributed by atoms with Crippen molar-refractivity contribution in [3.05, 3.63) is 69.7 Å². The Labute approximate surface area is 213 Å². The first-order chi connectivity index (χ1) is 17.0. The monoisotopic (exact) mass is 510 g/mol. The molecule has 0 spiro atoms. The van der Waals surface area contributed by atoms with Gasteiger partial charge in [-0.1, -0.05) is 11.6 Å². The van der Waals surface area contributed by atoms with Gasteiger partial charge in [-0.3, -0.25) is 14.9 Å². The highest BCUT2D eigenvalue weighted by Crippen LogP contribution is 2.38. The third kappa shape index (κ3) is 5.13. The van der Waals surface area contributed by atoms with Gasteiger partial charge < -0.3 is 14.5 Å². The molecule has 2 aromatic carbocycles. The van der Waals surface area contributed by atoms with Gasteiger partial charge in [0.1, 0.15) is 5.75 Å². The number of methoxy groups -OCH3 is 1. The number of rotatable bonds is 5. The lowest BCUT2D eigenvalue weighted by atomic mass is 9.89. The molecule has 1 aliphatic heterocycles. The summed E-state index contributed by atoms with van der Waals surface area (Å²) in [4.78, 5) is 36.2. The van der Waals surface area contributed by atoms with Crippen LogP contribution in [0.15, 0.2) is 48.5 Å². The molecule has 2 heterocycles. The van der Waals surface area contributed by atoms with E-state index in [9.17, 15) is 9.59 Å². The van der Waals surface area contributed by atoms with Crippen LogP contribution in [-0.2, 0) is 11.2 Å². The van der Waals surface area contributed by atoms with Gasteiger partial charge in [-0.25, -0.2) is 4.98 Å². The maximum Gasteiger partial charge on any atom is 0.257 e. The highest BCUT2D eigenvalue weighted by atomic mass is 35.5. The third-order valence-corrected chi connectivity index (χ3v) is 7.91. The molecule has 7 nitrogen and oxygen atoms in total. The number of ether oxygens (including phenoxy) is 1. The average molecular weight is 511 g/mol. The molecule has 3 aromatic rings. The zero-order chi connectivity index (χ0) is 24.4. The number of hydrogen-bond acceptors (Lipinski definition) is 6. The number of carbonyl (C=O) groups is 2. The average Bonchev–Trinajstić information content (AvgIpc) is 3.31. The van der Waals surface area contributed by atoms with E-state index in [4.69, 9.17) is 21.3 Å². The van der Waals surface area contributed by atoms with Crippen LogP contribution in [0.2, 0.25) is 5.02 Å². The largest absolute Gasteiger partial charge is 0.497 e. The van der Waals surface area contributed by atoms with E-state index in [1.807, 2.05) is 29.2 Å². The standard InChI is InChI=1S/C26H27ClN4O3S/c1-34-20-11-5-17(6-12-20)24(32)29-26-28-23-21(3-2-4-22(23)35-26)25(33)31-15-13-30(14-16-31)19-9-7-18(27)8-10-19/h5-12,21H,2-4,13-16H2,1H3,(H,28,29,32). The van der Waals surface area contributed by atoms with Crippen LogP contribution in [0.4, 0.5) is 10.8 Å². The van der Waals surface area contributed by atoms with Crippen molar-refractivity contribution in [3.8, 4) is 5.75 Å². The van der Waals surface area contributed by atoms with Crippen LogP contribution in [-0.4, -0.2) is 55.0 Å². The molecule has 1 aliphatic carbocycles. The van der Waals surface area contributed by atoms with Crippen LogP contribution in [0, 0.1) is 0 Å². The van der Waals surface area contributed by atoms with Crippen molar-refractivity contribution in [2.24, 2.45) is 0 Å². The SMILES string of the molecule is COc1ccc(C(=O)Nc2nc3c(s2)CCCC3C(=O)N2CCN(c3ccc(Cl)cc3)CC2)cc1. The summed E-state index contributed by atoms with van der Waals surface area (Å²) in [6.07, 6.45) is 2.63. The van der Waals surface area contributed by atoms with Crippen LogP contribution in [0.1, 0.15) is 39.7 Å². The van der Waals surface area contributed by atoms with E-state index in [0.717, 1.165) is 53.6 Å². The highest BCUT2D eigenvalue weighted by Gasteiger charge is 2.34. The smallest absolute Gasteiger partial charge is 0.257 e. The lowest BCUT2D eigenvalue weighted by Gasteiger charge is -2.38. The molecule has 1 unspecified atom stereocenters. The Morgan fingerprint density at radius 1 is 1.06 bits per heavy atom. The Morgan fingerprint density at radius 3 is 2.46 bits per heavy atom. The molecular weight excluding hydrogens is 484 g/mol. The first kappa shape index (κ1) is 23.6. The third-order valence-electron chi connectivity index (χ3n) is 6.61. The number of nitrogens with zero attached hydrogens (tertiary/aromatic N) is 3. The number of piperazine rings is 1. The van der Waals surface area contributed by atoms with Gasteiger partial charge in [0.05, 0.1) is 18.7 Å². The molecular formula is C26H27ClN4O3S. The van der Waals surface area contributed by atoms with Gasteiger partial charge in [0.2, 0.25) is 5.91 Å². The lowest BCUT2D eigenvalue weighted by molar-refractivity contribution is -0.133. The van der Waals surface area contributed by atoms with E-state index < -0.39 is 0 Å². The first-order valence-corrected chi connectivity index (χ1v) is 13.0. The van der Waals surface area contributed by atoms with Gasteiger partial charge in [-0.2, -0.15) is 0 Å². The number of halogens is 1. The molecule has 35 heavy (non-hydrogen) atoms. The van der Waals surface area contributed by atoms with Gasteiger partial charge in [-0.15, -0.1) is 11.3 Å². The maximum absolute atomic E-state index is 13.5. The van der Waals surface area contributed by atoms with Gasteiger partial charge in [0, 0.05) is 47.3 Å². The number of aryl methyl sites for hydroxylation is 1. The number of thiazole rings is 1. The summed E-state index contributed by atoms with van der Waals surface area (Å²) in [5.74, 6) is 0.366. The van der Waals surface area contributed by atoms with Crippen molar-refractivity contribution in [3.63, 3.8) is 0 Å². The van der Waals surface area contributed by atoms with Gasteiger partial charge in [0.15, 0.2) is 5.13 Å². The minimum Gasteiger partial charge on any atom is -0.497 e. The number of anilines is 2. The summed E-state index contributed by atoms with van der Waals surface area (Å²) < 4.78 is 5.15. The van der Waals surface area contributed by atoms with Crippen molar-refractivity contribution in [1.82, 2.24) is 9.88 Å². The predicted octanol–water partition coefficient (Wildman–Crippen LogP) is 4.83. The molecule has 1 aromatic heterocycles. The summed E-state index contributed by atoms with van der Waals surface area (Å²) in [5, 5.41) is 4.17. The van der Waals surface area contributed by atoms with Crippen molar-refractivity contribution in [1.29, 1.82) is 0 Å². The second-order valence-electron chi connectivity index (χ2n) is 8.74. The molecule has 0 radical (unpaired) electrons. The molecule has 9 heteroatoms. The molecule has 0 saturated carbocycles. The normalized spacial score (nSPS) is 17.6. The number of nitrogens with one attached hydrogen (secondary N) is 1. The van der Waals surface area contributed by atoms with E-state index in [1.54, 1.807) is 31.4 Å². The molecule has 1 saturated heterocycles. The Hall–Kier alpha value is -3.10. The predicted molar refractivity (Wildman–Crippen MR) is 139 cm³/mol. The second kappa shape index (κ2) is 10.3. The van der Waals surface area contributed by atoms with Crippen molar-refractivity contribution < 1.29 is 14.3 Å². The zero-order valence-electron chi connectivity index (χ0n) is 19.5. The molecule has 5 rings (SSSR count). The first-order valence-electron chi connectivity index (χ1n) is 11.8. The number of carbonyl (C=O) groups excluding carboxylic acids is 2. The maximum atomic E-state index is 13.5. The molecule has 1 atom stereocenters. The zero-order valence-corrected chi connectivity index (χ0v) is 21.1. The van der Waals surface area contributed by atoms with E-state index in [0.29, 0.717) is 29.5 Å². The van der Waals surface area contributed by atoms with Gasteiger partial charge in [0.25, 0.3) is 5.91 Å². The second-order valence-corrected chi connectivity index (χ2v) is 10.3. The fraction of sp³-hybridized carbons (Fsp3) is 0.346. The van der Waals surface area contributed by atoms with Crippen LogP contribution in [0.3, 0.4) is 0 Å². The number of fused-ring (bicyclic) bond motifs is 1. The number of amides is 2. The molecule has 0 bridgehead atoms. The minimum absolute atomic E-state index is 0.139. The van der Waals surface area contributed by atoms with E-state index in [-0.39, 0.29) is 17.7 Å². The highest BCUT2D eigenvalue weighted by molar-refractivity contribution is 7.16. The van der Waals surface area contributed by atoms with Crippen LogP contribution in [0.25, 0.3) is 0 Å². The Morgan fingerprint density at radius 2 is 1.77 bits per heavy atom. The van der Waals surface area contributed by atoms with Crippen molar-refractivity contribution in [2.45, 2.75) is 25.2 Å². The summed E-state index contributed by atoms with van der Waals surface area (Å²) >= 11 is 7.49. The summed E-state index contributed by atoms with van der Waals surface area (Å²) in [5.41, 5.74) is 2.49. The Kier molecular flexibility index (Phi) is 6.92. The number of hydrogen-bond donors (Lipinski definition) is 1. The Bertz CT molecular complexity index is 1200. The van der Waals surface area contributed by atoms with Crippen LogP contribution >= 0.6 is 22.9 Å². The topological polar surface area (TPSA) is 74.8 Å². The van der Waals surface area contributed by atoms with Gasteiger partial charge >= 0.3 is 0 Å². The summed E-state index contributed by atoms with van der Waals surface area (Å²) in [6.45, 7) is 2.93. The number of aromatic nitrogens is 1. The minimum atomic E-state index is -0.247. The summed E-state index contributed by atoms with van der Waals surface area (Å²) in [7, 11) is 1.59.